The lowest BCUT2D eigenvalue weighted by Crippen LogP contribution is -2.43. The van der Waals surface area contributed by atoms with E-state index in [0.29, 0.717) is 12.0 Å². The lowest BCUT2D eigenvalue weighted by molar-refractivity contribution is -0.281. The van der Waals surface area contributed by atoms with Gasteiger partial charge >= 0.3 is 12.5 Å². The third-order valence-electron chi connectivity index (χ3n) is 4.52. The summed E-state index contributed by atoms with van der Waals surface area (Å²) >= 11 is 0. The summed E-state index contributed by atoms with van der Waals surface area (Å²) in [4.78, 5) is 3.87. The van der Waals surface area contributed by atoms with Crippen LogP contribution in [0.25, 0.3) is 0 Å². The number of rotatable bonds is 5. The van der Waals surface area contributed by atoms with Gasteiger partial charge in [-0.05, 0) is 36.5 Å². The number of nitrogens with zero attached hydrogens (tertiary/aromatic N) is 3. The van der Waals surface area contributed by atoms with Gasteiger partial charge in [0.15, 0.2) is 11.5 Å². The number of aromatic nitrogens is 3. The Bertz CT molecular complexity index is 768. The zero-order valence-corrected chi connectivity index (χ0v) is 14.6. The molecule has 26 heavy (non-hydrogen) atoms. The Hall–Kier alpha value is -2.29. The molecule has 3 rings (SSSR count). The van der Waals surface area contributed by atoms with Crippen LogP contribution in [-0.4, -0.2) is 38.4 Å². The number of halogens is 3. The second-order valence-corrected chi connectivity index (χ2v) is 7.11. The average molecular weight is 371 g/mol. The van der Waals surface area contributed by atoms with Crippen LogP contribution in [0.3, 0.4) is 0 Å². The molecule has 1 aliphatic rings. The predicted octanol–water partition coefficient (Wildman–Crippen LogP) is 3.13. The SMILES string of the molecule is CC(C(O)C(C)(C)Cc1ccc2c(c1)OC(F)(F)C(F)O2)n1cncn1. The molecule has 0 bridgehead atoms. The summed E-state index contributed by atoms with van der Waals surface area (Å²) in [5.74, 6) is -0.308. The molecule has 0 fully saturated rings. The van der Waals surface area contributed by atoms with E-state index < -0.39 is 24.0 Å². The second kappa shape index (κ2) is 6.46. The largest absolute Gasteiger partial charge is 0.468 e. The normalized spacial score (nSPS) is 21.3. The van der Waals surface area contributed by atoms with Crippen LogP contribution in [-0.2, 0) is 6.42 Å². The molecule has 2 heterocycles. The fourth-order valence-electron chi connectivity index (χ4n) is 3.07. The topological polar surface area (TPSA) is 69.4 Å². The molecule has 1 aromatic carbocycles. The number of fused-ring (bicyclic) bond motifs is 1. The second-order valence-electron chi connectivity index (χ2n) is 7.11. The molecule has 3 unspecified atom stereocenters. The smallest absolute Gasteiger partial charge is 0.447 e. The average Bonchev–Trinajstić information content (AvgIpc) is 3.08. The van der Waals surface area contributed by atoms with Gasteiger partial charge in [-0.1, -0.05) is 19.9 Å². The zero-order chi connectivity index (χ0) is 19.1. The highest BCUT2D eigenvalue weighted by Crippen LogP contribution is 2.42. The van der Waals surface area contributed by atoms with Crippen LogP contribution in [0.4, 0.5) is 13.2 Å². The monoisotopic (exact) mass is 371 g/mol. The molecular formula is C17H20F3N3O3. The molecule has 0 amide bonds. The minimum atomic E-state index is -4.04. The van der Waals surface area contributed by atoms with Crippen molar-refractivity contribution in [2.45, 2.75) is 51.8 Å². The third kappa shape index (κ3) is 3.48. The summed E-state index contributed by atoms with van der Waals surface area (Å²) in [6.45, 7) is 5.52. The zero-order valence-electron chi connectivity index (χ0n) is 14.6. The summed E-state index contributed by atoms with van der Waals surface area (Å²) in [6, 6.07) is 4.06. The van der Waals surface area contributed by atoms with Crippen molar-refractivity contribution >= 4 is 0 Å². The molecule has 0 saturated heterocycles. The fourth-order valence-corrected chi connectivity index (χ4v) is 3.07. The number of aliphatic hydroxyl groups is 1. The molecule has 3 atom stereocenters. The van der Waals surface area contributed by atoms with Gasteiger partial charge in [0.1, 0.15) is 12.7 Å². The van der Waals surface area contributed by atoms with Crippen molar-refractivity contribution in [3.8, 4) is 11.5 Å². The van der Waals surface area contributed by atoms with E-state index in [4.69, 9.17) is 0 Å². The number of aliphatic hydroxyl groups excluding tert-OH is 1. The lowest BCUT2D eigenvalue weighted by Gasteiger charge is -2.35. The molecule has 0 aliphatic carbocycles. The quantitative estimate of drug-likeness (QED) is 0.875. The summed E-state index contributed by atoms with van der Waals surface area (Å²) in [5, 5.41) is 14.7. The van der Waals surface area contributed by atoms with Crippen LogP contribution in [0.2, 0.25) is 0 Å². The Labute approximate surface area is 148 Å². The highest BCUT2D eigenvalue weighted by Gasteiger charge is 2.49. The van der Waals surface area contributed by atoms with Gasteiger partial charge in [-0.3, -0.25) is 0 Å². The van der Waals surface area contributed by atoms with Crippen molar-refractivity contribution < 1.29 is 27.8 Å². The maximum atomic E-state index is 13.4. The van der Waals surface area contributed by atoms with Gasteiger partial charge in [0.25, 0.3) is 0 Å². The summed E-state index contributed by atoms with van der Waals surface area (Å²) in [6.07, 6.45) is -4.40. The van der Waals surface area contributed by atoms with Crippen molar-refractivity contribution in [2.75, 3.05) is 0 Å². The number of benzene rings is 1. The van der Waals surface area contributed by atoms with E-state index in [0.717, 1.165) is 0 Å². The van der Waals surface area contributed by atoms with Gasteiger partial charge in [0, 0.05) is 0 Å². The van der Waals surface area contributed by atoms with Crippen molar-refractivity contribution in [1.29, 1.82) is 0 Å². The van der Waals surface area contributed by atoms with Crippen molar-refractivity contribution in [1.82, 2.24) is 14.8 Å². The summed E-state index contributed by atoms with van der Waals surface area (Å²) in [7, 11) is 0. The molecule has 1 N–H and O–H groups in total. The number of alkyl halides is 3. The Morgan fingerprint density at radius 1 is 1.35 bits per heavy atom. The first-order valence-electron chi connectivity index (χ1n) is 8.13. The fraction of sp³-hybridized carbons (Fsp3) is 0.529. The minimum absolute atomic E-state index is 0.0819. The Balaban J connectivity index is 1.78. The summed E-state index contributed by atoms with van der Waals surface area (Å²) < 4.78 is 50.5. The van der Waals surface area contributed by atoms with Crippen LogP contribution in [0.5, 0.6) is 11.5 Å². The van der Waals surface area contributed by atoms with Gasteiger partial charge in [-0.2, -0.15) is 18.3 Å². The molecule has 0 saturated carbocycles. The van der Waals surface area contributed by atoms with Gasteiger partial charge in [-0.15, -0.1) is 0 Å². The van der Waals surface area contributed by atoms with E-state index in [2.05, 4.69) is 19.6 Å². The van der Waals surface area contributed by atoms with Gasteiger partial charge in [0.2, 0.25) is 0 Å². The minimum Gasteiger partial charge on any atom is -0.447 e. The van der Waals surface area contributed by atoms with E-state index in [1.807, 2.05) is 20.8 Å². The molecule has 0 spiro atoms. The van der Waals surface area contributed by atoms with E-state index in [1.54, 1.807) is 10.7 Å². The molecule has 6 nitrogen and oxygen atoms in total. The number of hydrogen-bond acceptors (Lipinski definition) is 5. The van der Waals surface area contributed by atoms with E-state index in [-0.39, 0.29) is 17.5 Å². The maximum Gasteiger partial charge on any atom is 0.468 e. The predicted molar refractivity (Wildman–Crippen MR) is 85.8 cm³/mol. The van der Waals surface area contributed by atoms with Crippen molar-refractivity contribution in [3.63, 3.8) is 0 Å². The van der Waals surface area contributed by atoms with Gasteiger partial charge in [-0.25, -0.2) is 9.67 Å². The van der Waals surface area contributed by atoms with E-state index >= 15 is 0 Å². The molecule has 142 valence electrons. The van der Waals surface area contributed by atoms with Crippen LogP contribution in [0.1, 0.15) is 32.4 Å². The van der Waals surface area contributed by atoms with E-state index in [9.17, 15) is 18.3 Å². The van der Waals surface area contributed by atoms with Crippen LogP contribution >= 0.6 is 0 Å². The highest BCUT2D eigenvalue weighted by atomic mass is 19.3. The first-order chi connectivity index (χ1) is 12.1. The third-order valence-corrected chi connectivity index (χ3v) is 4.52. The lowest BCUT2D eigenvalue weighted by atomic mass is 9.78. The Morgan fingerprint density at radius 2 is 2.08 bits per heavy atom. The molecule has 2 aromatic rings. The van der Waals surface area contributed by atoms with Gasteiger partial charge < -0.3 is 14.6 Å². The molecular weight excluding hydrogens is 351 g/mol. The van der Waals surface area contributed by atoms with Crippen LogP contribution < -0.4 is 9.47 Å². The summed E-state index contributed by atoms with van der Waals surface area (Å²) in [5.41, 5.74) is 0.0376. The highest BCUT2D eigenvalue weighted by molar-refractivity contribution is 5.44. The van der Waals surface area contributed by atoms with Crippen LogP contribution in [0, 0.1) is 5.41 Å². The van der Waals surface area contributed by atoms with Crippen LogP contribution in [0.15, 0.2) is 30.9 Å². The number of ether oxygens (including phenoxy) is 2. The molecule has 1 aliphatic heterocycles. The molecule has 9 heteroatoms. The van der Waals surface area contributed by atoms with Crippen molar-refractivity contribution in [2.24, 2.45) is 5.41 Å². The van der Waals surface area contributed by atoms with Crippen molar-refractivity contribution in [3.05, 3.63) is 36.4 Å². The first kappa shape index (κ1) is 18.5. The maximum absolute atomic E-state index is 13.4. The number of hydrogen-bond donors (Lipinski definition) is 1. The molecule has 0 radical (unpaired) electrons. The Morgan fingerprint density at radius 3 is 2.73 bits per heavy atom. The first-order valence-corrected chi connectivity index (χ1v) is 8.13. The molecule has 1 aromatic heterocycles. The standard InChI is InChI=1S/C17H20F3N3O3/c1-10(23-9-21-8-22-23)14(24)16(2,3)7-11-4-5-12-13(6-11)26-17(19,20)15(18)25-12/h4-6,8-10,14-15,24H,7H2,1-3H3. The van der Waals surface area contributed by atoms with E-state index in [1.165, 1.54) is 24.8 Å². The van der Waals surface area contributed by atoms with Gasteiger partial charge in [0.05, 0.1) is 12.1 Å². The Kier molecular flexibility index (Phi) is 4.60.